The smallest absolute Gasteiger partial charge is 0.330 e. The van der Waals surface area contributed by atoms with Crippen molar-refractivity contribution in [3.8, 4) is 5.75 Å². The Bertz CT molecular complexity index is 451. The highest BCUT2D eigenvalue weighted by Crippen LogP contribution is 2.13. The molecule has 0 aliphatic rings. The van der Waals surface area contributed by atoms with Gasteiger partial charge in [-0.25, -0.2) is 4.79 Å². The lowest BCUT2D eigenvalue weighted by molar-refractivity contribution is -0.134. The molecule has 0 fully saturated rings. The van der Waals surface area contributed by atoms with Crippen LogP contribution < -0.4 is 10.1 Å². The Balaban J connectivity index is 2.41. The molecule has 1 rings (SSSR count). The summed E-state index contributed by atoms with van der Waals surface area (Å²) in [5.74, 6) is 0.239. The lowest BCUT2D eigenvalue weighted by Crippen LogP contribution is -2.25. The molecular formula is C14H17NO4. The predicted octanol–water partition coefficient (Wildman–Crippen LogP) is 1.39. The van der Waals surface area contributed by atoms with Gasteiger partial charge in [-0.05, 0) is 23.8 Å². The van der Waals surface area contributed by atoms with E-state index in [4.69, 9.17) is 4.74 Å². The van der Waals surface area contributed by atoms with E-state index in [9.17, 15) is 9.59 Å². The first-order chi connectivity index (χ1) is 9.11. The molecule has 5 heteroatoms. The Hall–Kier alpha value is -2.30. The Morgan fingerprint density at radius 2 is 1.95 bits per heavy atom. The van der Waals surface area contributed by atoms with Gasteiger partial charge in [0, 0.05) is 13.0 Å². The van der Waals surface area contributed by atoms with Gasteiger partial charge < -0.3 is 14.8 Å². The van der Waals surface area contributed by atoms with E-state index in [0.717, 1.165) is 5.56 Å². The Morgan fingerprint density at radius 3 is 2.53 bits per heavy atom. The molecule has 0 saturated carbocycles. The van der Waals surface area contributed by atoms with Crippen molar-refractivity contribution in [1.82, 2.24) is 5.32 Å². The van der Waals surface area contributed by atoms with Crippen molar-refractivity contribution in [3.63, 3.8) is 0 Å². The minimum absolute atomic E-state index is 0.0769. The predicted molar refractivity (Wildman–Crippen MR) is 71.7 cm³/mol. The van der Waals surface area contributed by atoms with Crippen LogP contribution in [0.3, 0.4) is 0 Å². The number of nitrogens with one attached hydrogen (secondary N) is 1. The van der Waals surface area contributed by atoms with Crippen LogP contribution in [-0.2, 0) is 14.3 Å². The van der Waals surface area contributed by atoms with Crippen molar-refractivity contribution >= 4 is 18.0 Å². The molecule has 5 nitrogen and oxygen atoms in total. The number of hydrogen-bond acceptors (Lipinski definition) is 4. The van der Waals surface area contributed by atoms with Gasteiger partial charge >= 0.3 is 5.97 Å². The summed E-state index contributed by atoms with van der Waals surface area (Å²) in [6, 6.07) is 7.25. The Kier molecular flexibility index (Phi) is 6.15. The maximum atomic E-state index is 10.9. The minimum atomic E-state index is -0.393. The summed E-state index contributed by atoms with van der Waals surface area (Å²) < 4.78 is 9.92. The van der Waals surface area contributed by atoms with E-state index in [-0.39, 0.29) is 5.91 Å². The molecule has 1 amide bonds. The van der Waals surface area contributed by atoms with Crippen LogP contribution in [0.2, 0.25) is 0 Å². The largest absolute Gasteiger partial charge is 0.492 e. The van der Waals surface area contributed by atoms with Crippen LogP contribution in [-0.4, -0.2) is 32.1 Å². The maximum absolute atomic E-state index is 10.9. The number of methoxy groups -OCH3 is 1. The number of esters is 1. The third-order valence-electron chi connectivity index (χ3n) is 2.24. The van der Waals surface area contributed by atoms with Crippen molar-refractivity contribution in [2.45, 2.75) is 6.92 Å². The Labute approximate surface area is 112 Å². The standard InChI is InChI=1S/C14H17NO4/c1-11(16)15-9-10-19-13-6-3-12(4-7-13)5-8-14(17)18-2/h3-8H,9-10H2,1-2H3,(H,15,16)/b8-5+. The molecule has 0 atom stereocenters. The lowest BCUT2D eigenvalue weighted by Gasteiger charge is -2.06. The van der Waals surface area contributed by atoms with Gasteiger partial charge in [-0.2, -0.15) is 0 Å². The fraction of sp³-hybridized carbons (Fsp3) is 0.286. The maximum Gasteiger partial charge on any atom is 0.330 e. The van der Waals surface area contributed by atoms with E-state index in [1.807, 2.05) is 12.1 Å². The summed E-state index contributed by atoms with van der Waals surface area (Å²) in [4.78, 5) is 21.6. The Morgan fingerprint density at radius 1 is 1.26 bits per heavy atom. The number of carbonyl (C=O) groups is 2. The first-order valence-electron chi connectivity index (χ1n) is 5.85. The van der Waals surface area contributed by atoms with E-state index in [2.05, 4.69) is 10.1 Å². The van der Waals surface area contributed by atoms with Gasteiger partial charge in [0.15, 0.2) is 0 Å². The summed E-state index contributed by atoms with van der Waals surface area (Å²) >= 11 is 0. The summed E-state index contributed by atoms with van der Waals surface area (Å²) in [6.07, 6.45) is 3.01. The quantitative estimate of drug-likeness (QED) is 0.478. The highest BCUT2D eigenvalue weighted by atomic mass is 16.5. The average molecular weight is 263 g/mol. The van der Waals surface area contributed by atoms with E-state index < -0.39 is 5.97 Å². The van der Waals surface area contributed by atoms with Crippen LogP contribution in [0.5, 0.6) is 5.75 Å². The van der Waals surface area contributed by atoms with E-state index in [0.29, 0.717) is 18.9 Å². The van der Waals surface area contributed by atoms with Gasteiger partial charge in [0.05, 0.1) is 13.7 Å². The van der Waals surface area contributed by atoms with Crippen molar-refractivity contribution in [2.24, 2.45) is 0 Å². The molecule has 1 N–H and O–H groups in total. The molecule has 1 aromatic carbocycles. The number of ether oxygens (including phenoxy) is 2. The van der Waals surface area contributed by atoms with Gasteiger partial charge in [-0.15, -0.1) is 0 Å². The topological polar surface area (TPSA) is 64.6 Å². The number of amides is 1. The normalized spacial score (nSPS) is 10.2. The van der Waals surface area contributed by atoms with E-state index in [1.165, 1.54) is 20.1 Å². The van der Waals surface area contributed by atoms with Crippen LogP contribution in [0.25, 0.3) is 6.08 Å². The zero-order valence-electron chi connectivity index (χ0n) is 11.0. The highest BCUT2D eigenvalue weighted by Gasteiger charge is 1.96. The number of benzene rings is 1. The highest BCUT2D eigenvalue weighted by molar-refractivity contribution is 5.86. The second-order valence-electron chi connectivity index (χ2n) is 3.76. The molecular weight excluding hydrogens is 246 g/mol. The summed E-state index contributed by atoms with van der Waals surface area (Å²) in [7, 11) is 1.33. The molecule has 0 aromatic heterocycles. The van der Waals surface area contributed by atoms with Crippen molar-refractivity contribution in [3.05, 3.63) is 35.9 Å². The molecule has 0 aliphatic carbocycles. The van der Waals surface area contributed by atoms with Crippen LogP contribution >= 0.6 is 0 Å². The monoisotopic (exact) mass is 263 g/mol. The number of carbonyl (C=O) groups excluding carboxylic acids is 2. The second kappa shape index (κ2) is 7.92. The molecule has 0 aliphatic heterocycles. The van der Waals surface area contributed by atoms with Crippen molar-refractivity contribution < 1.29 is 19.1 Å². The minimum Gasteiger partial charge on any atom is -0.492 e. The average Bonchev–Trinajstić information content (AvgIpc) is 2.42. The van der Waals surface area contributed by atoms with Gasteiger partial charge in [0.1, 0.15) is 12.4 Å². The summed E-state index contributed by atoms with van der Waals surface area (Å²) in [5.41, 5.74) is 0.875. The molecule has 1 aromatic rings. The lowest BCUT2D eigenvalue weighted by atomic mass is 10.2. The fourth-order valence-electron chi connectivity index (χ4n) is 1.30. The zero-order valence-corrected chi connectivity index (χ0v) is 11.0. The van der Waals surface area contributed by atoms with Crippen molar-refractivity contribution in [2.75, 3.05) is 20.3 Å². The molecule has 0 unspecified atom stereocenters. The van der Waals surface area contributed by atoms with Crippen LogP contribution in [0.1, 0.15) is 12.5 Å². The van der Waals surface area contributed by atoms with Crippen molar-refractivity contribution in [1.29, 1.82) is 0 Å². The molecule has 0 bridgehead atoms. The number of rotatable bonds is 6. The molecule has 19 heavy (non-hydrogen) atoms. The molecule has 102 valence electrons. The number of hydrogen-bond donors (Lipinski definition) is 1. The zero-order chi connectivity index (χ0) is 14.1. The SMILES string of the molecule is COC(=O)/C=C/c1ccc(OCCNC(C)=O)cc1. The third-order valence-corrected chi connectivity index (χ3v) is 2.24. The van der Waals surface area contributed by atoms with Gasteiger partial charge in [0.25, 0.3) is 0 Å². The van der Waals surface area contributed by atoms with Crippen LogP contribution in [0.4, 0.5) is 0 Å². The first-order valence-corrected chi connectivity index (χ1v) is 5.85. The molecule has 0 spiro atoms. The van der Waals surface area contributed by atoms with Crippen LogP contribution in [0.15, 0.2) is 30.3 Å². The summed E-state index contributed by atoms with van der Waals surface area (Å²) in [6.45, 7) is 2.35. The van der Waals surface area contributed by atoms with Gasteiger partial charge in [0.2, 0.25) is 5.91 Å². The third kappa shape index (κ3) is 6.26. The summed E-state index contributed by atoms with van der Waals surface area (Å²) in [5, 5.41) is 2.64. The molecule has 0 heterocycles. The molecule has 0 radical (unpaired) electrons. The van der Waals surface area contributed by atoms with Gasteiger partial charge in [-0.3, -0.25) is 4.79 Å². The first kappa shape index (κ1) is 14.8. The second-order valence-corrected chi connectivity index (χ2v) is 3.76. The van der Waals surface area contributed by atoms with Crippen LogP contribution in [0, 0.1) is 0 Å². The van der Waals surface area contributed by atoms with E-state index in [1.54, 1.807) is 18.2 Å². The molecule has 0 saturated heterocycles. The van der Waals surface area contributed by atoms with E-state index >= 15 is 0 Å². The fourth-order valence-corrected chi connectivity index (χ4v) is 1.30. The van der Waals surface area contributed by atoms with Gasteiger partial charge in [-0.1, -0.05) is 12.1 Å².